The van der Waals surface area contributed by atoms with Crippen molar-refractivity contribution in [1.82, 2.24) is 10.2 Å². The van der Waals surface area contributed by atoms with Crippen molar-refractivity contribution in [3.05, 3.63) is 29.6 Å². The second-order valence-electron chi connectivity index (χ2n) is 4.64. The number of aromatic hydroxyl groups is 1. The third kappa shape index (κ3) is 4.26. The Morgan fingerprint density at radius 3 is 2.45 bits per heavy atom. The number of rotatable bonds is 4. The fourth-order valence-electron chi connectivity index (χ4n) is 2.39. The third-order valence-corrected chi connectivity index (χ3v) is 3.35. The van der Waals surface area contributed by atoms with Crippen LogP contribution in [0, 0.1) is 5.82 Å². The van der Waals surface area contributed by atoms with E-state index in [-0.39, 0.29) is 18.8 Å². The molecule has 0 saturated carbocycles. The van der Waals surface area contributed by atoms with Gasteiger partial charge in [0.05, 0.1) is 0 Å². The molecule has 0 amide bonds. The summed E-state index contributed by atoms with van der Waals surface area (Å²) in [5.41, 5.74) is 0.484. The Morgan fingerprint density at radius 2 is 1.90 bits per heavy atom. The van der Waals surface area contributed by atoms with Crippen LogP contribution in [0.15, 0.2) is 18.2 Å². The molecule has 0 bridgehead atoms. The van der Waals surface area contributed by atoms with Gasteiger partial charge >= 0.3 is 0 Å². The van der Waals surface area contributed by atoms with Crippen LogP contribution in [-0.4, -0.2) is 42.6 Å². The zero-order chi connectivity index (χ0) is 13.8. The van der Waals surface area contributed by atoms with E-state index in [4.69, 9.17) is 0 Å². The molecule has 0 aromatic heterocycles. The highest BCUT2D eigenvalue weighted by Crippen LogP contribution is 2.30. The van der Waals surface area contributed by atoms with E-state index < -0.39 is 24.0 Å². The SMILES string of the molecule is Cl.Oc1ccc([C@H](CC(F)F)N2CCNCC2)cc1F. The van der Waals surface area contributed by atoms with Gasteiger partial charge in [-0.2, -0.15) is 0 Å². The van der Waals surface area contributed by atoms with Gasteiger partial charge in [0, 0.05) is 38.6 Å². The molecule has 0 radical (unpaired) electrons. The molecule has 114 valence electrons. The predicted octanol–water partition coefficient (Wildman–Crippen LogP) is 2.55. The smallest absolute Gasteiger partial charge is 0.240 e. The van der Waals surface area contributed by atoms with E-state index in [1.807, 2.05) is 4.90 Å². The summed E-state index contributed by atoms with van der Waals surface area (Å²) in [6.07, 6.45) is -2.78. The van der Waals surface area contributed by atoms with Gasteiger partial charge < -0.3 is 10.4 Å². The molecule has 1 atom stereocenters. The quantitative estimate of drug-likeness (QED) is 0.897. The van der Waals surface area contributed by atoms with Gasteiger partial charge in [0.15, 0.2) is 11.6 Å². The molecule has 1 fully saturated rings. The van der Waals surface area contributed by atoms with Crippen molar-refractivity contribution in [3.63, 3.8) is 0 Å². The molecule has 1 aliphatic rings. The molecule has 2 N–H and O–H groups in total. The van der Waals surface area contributed by atoms with E-state index in [0.29, 0.717) is 18.7 Å². The number of piperazine rings is 1. The fourth-order valence-corrected chi connectivity index (χ4v) is 2.39. The molecule has 1 aromatic carbocycles. The number of benzene rings is 1. The molecular weight excluding hydrogens is 293 g/mol. The fraction of sp³-hybridized carbons (Fsp3) is 0.538. The first-order valence-electron chi connectivity index (χ1n) is 6.29. The van der Waals surface area contributed by atoms with Gasteiger partial charge in [-0.1, -0.05) is 6.07 Å². The van der Waals surface area contributed by atoms with Gasteiger partial charge in [0.1, 0.15) is 0 Å². The minimum Gasteiger partial charge on any atom is -0.505 e. The standard InChI is InChI=1S/C13H17F3N2O.ClH/c14-10-7-9(1-2-12(10)19)11(8-13(15)16)18-5-3-17-4-6-18;/h1-2,7,11,13,17,19H,3-6,8H2;1H/t11-;/m0./s1. The van der Waals surface area contributed by atoms with Crippen LogP contribution in [0.5, 0.6) is 5.75 Å². The molecule has 3 nitrogen and oxygen atoms in total. The average Bonchev–Trinajstić information content (AvgIpc) is 2.40. The van der Waals surface area contributed by atoms with Crippen molar-refractivity contribution >= 4 is 12.4 Å². The summed E-state index contributed by atoms with van der Waals surface area (Å²) < 4.78 is 38.8. The van der Waals surface area contributed by atoms with Gasteiger partial charge in [-0.15, -0.1) is 12.4 Å². The summed E-state index contributed by atoms with van der Waals surface area (Å²) in [6.45, 7) is 2.78. The number of halogens is 4. The number of nitrogens with one attached hydrogen (secondary N) is 1. The Morgan fingerprint density at radius 1 is 1.25 bits per heavy atom. The summed E-state index contributed by atoms with van der Waals surface area (Å²) in [6, 6.07) is 3.35. The topological polar surface area (TPSA) is 35.5 Å². The second-order valence-corrected chi connectivity index (χ2v) is 4.64. The van der Waals surface area contributed by atoms with Crippen molar-refractivity contribution in [2.75, 3.05) is 26.2 Å². The highest BCUT2D eigenvalue weighted by molar-refractivity contribution is 5.85. The molecule has 0 aliphatic carbocycles. The lowest BCUT2D eigenvalue weighted by Crippen LogP contribution is -2.45. The Kier molecular flexibility index (Phi) is 6.58. The first-order chi connectivity index (χ1) is 9.08. The molecule has 2 rings (SSSR count). The maximum absolute atomic E-state index is 13.4. The number of phenols is 1. The van der Waals surface area contributed by atoms with Crippen LogP contribution < -0.4 is 5.32 Å². The summed E-state index contributed by atoms with van der Waals surface area (Å²) in [5, 5.41) is 12.3. The maximum atomic E-state index is 13.4. The van der Waals surface area contributed by atoms with E-state index in [2.05, 4.69) is 5.32 Å². The van der Waals surface area contributed by atoms with Crippen molar-refractivity contribution < 1.29 is 18.3 Å². The van der Waals surface area contributed by atoms with Gasteiger partial charge in [0.25, 0.3) is 0 Å². The van der Waals surface area contributed by atoms with Crippen LogP contribution in [0.1, 0.15) is 18.0 Å². The molecule has 0 unspecified atom stereocenters. The summed E-state index contributed by atoms with van der Waals surface area (Å²) in [5.74, 6) is -1.23. The molecule has 7 heteroatoms. The minimum atomic E-state index is -2.45. The van der Waals surface area contributed by atoms with Crippen LogP contribution in [0.2, 0.25) is 0 Å². The van der Waals surface area contributed by atoms with Gasteiger partial charge in [-0.3, -0.25) is 4.90 Å². The number of phenolic OH excluding ortho intramolecular Hbond substituents is 1. The van der Waals surface area contributed by atoms with E-state index in [1.54, 1.807) is 0 Å². The van der Waals surface area contributed by atoms with E-state index in [9.17, 15) is 18.3 Å². The van der Waals surface area contributed by atoms with Crippen molar-refractivity contribution in [2.24, 2.45) is 0 Å². The minimum absolute atomic E-state index is 0. The van der Waals surface area contributed by atoms with Gasteiger partial charge in [-0.05, 0) is 17.7 Å². The Labute approximate surface area is 122 Å². The summed E-state index contributed by atoms with van der Waals surface area (Å²) >= 11 is 0. The zero-order valence-electron chi connectivity index (χ0n) is 10.9. The first kappa shape index (κ1) is 17.1. The maximum Gasteiger partial charge on any atom is 0.240 e. The highest BCUT2D eigenvalue weighted by atomic mass is 35.5. The van der Waals surface area contributed by atoms with Gasteiger partial charge in [0.2, 0.25) is 6.43 Å². The van der Waals surface area contributed by atoms with E-state index >= 15 is 0 Å². The van der Waals surface area contributed by atoms with E-state index in [0.717, 1.165) is 19.2 Å². The van der Waals surface area contributed by atoms with Crippen LogP contribution in [-0.2, 0) is 0 Å². The molecule has 1 aromatic rings. The summed E-state index contributed by atoms with van der Waals surface area (Å²) in [7, 11) is 0. The van der Waals surface area contributed by atoms with Crippen molar-refractivity contribution in [2.45, 2.75) is 18.9 Å². The lowest BCUT2D eigenvalue weighted by molar-refractivity contribution is 0.0737. The lowest BCUT2D eigenvalue weighted by atomic mass is 10.0. The number of hydrogen-bond acceptors (Lipinski definition) is 3. The van der Waals surface area contributed by atoms with E-state index in [1.165, 1.54) is 12.1 Å². The first-order valence-corrected chi connectivity index (χ1v) is 6.29. The monoisotopic (exact) mass is 310 g/mol. The predicted molar refractivity (Wildman–Crippen MR) is 73.1 cm³/mol. The molecular formula is C13H18ClF3N2O. The molecule has 1 heterocycles. The largest absolute Gasteiger partial charge is 0.505 e. The van der Waals surface area contributed by atoms with Crippen LogP contribution in [0.4, 0.5) is 13.2 Å². The van der Waals surface area contributed by atoms with Gasteiger partial charge in [-0.25, -0.2) is 13.2 Å². The van der Waals surface area contributed by atoms with Crippen LogP contribution >= 0.6 is 12.4 Å². The molecule has 20 heavy (non-hydrogen) atoms. The van der Waals surface area contributed by atoms with Crippen LogP contribution in [0.25, 0.3) is 0 Å². The Hall–Kier alpha value is -0.980. The Bertz CT molecular complexity index is 428. The van der Waals surface area contributed by atoms with Crippen molar-refractivity contribution in [1.29, 1.82) is 0 Å². The second kappa shape index (κ2) is 7.71. The molecule has 1 saturated heterocycles. The number of nitrogens with zero attached hydrogens (tertiary/aromatic N) is 1. The Balaban J connectivity index is 0.00000200. The molecule has 0 spiro atoms. The number of alkyl halides is 2. The zero-order valence-corrected chi connectivity index (χ0v) is 11.7. The average molecular weight is 311 g/mol. The third-order valence-electron chi connectivity index (χ3n) is 3.35. The lowest BCUT2D eigenvalue weighted by Gasteiger charge is -2.35. The summed E-state index contributed by atoms with van der Waals surface area (Å²) in [4.78, 5) is 1.93. The number of hydrogen-bond donors (Lipinski definition) is 2. The normalized spacial score (nSPS) is 17.8. The van der Waals surface area contributed by atoms with Crippen LogP contribution in [0.3, 0.4) is 0 Å². The van der Waals surface area contributed by atoms with Crippen molar-refractivity contribution in [3.8, 4) is 5.75 Å². The highest BCUT2D eigenvalue weighted by Gasteiger charge is 2.26. The molecule has 1 aliphatic heterocycles.